The number of ether oxygens (including phenoxy) is 6. The predicted molar refractivity (Wildman–Crippen MR) is 128 cm³/mol. The van der Waals surface area contributed by atoms with Gasteiger partial charge in [0, 0.05) is 41.5 Å². The van der Waals surface area contributed by atoms with Crippen molar-refractivity contribution in [3.05, 3.63) is 23.8 Å². The summed E-state index contributed by atoms with van der Waals surface area (Å²) in [6.07, 6.45) is 7.00. The van der Waals surface area contributed by atoms with Crippen molar-refractivity contribution >= 4 is 0 Å². The first-order valence-corrected chi connectivity index (χ1v) is 12.1. The third-order valence-corrected chi connectivity index (χ3v) is 7.87. The summed E-state index contributed by atoms with van der Waals surface area (Å²) in [6.45, 7) is 8.47. The first-order valence-electron chi connectivity index (χ1n) is 12.1. The van der Waals surface area contributed by atoms with Crippen LogP contribution >= 0.6 is 0 Å². The van der Waals surface area contributed by atoms with Crippen LogP contribution in [-0.4, -0.2) is 83.1 Å². The summed E-state index contributed by atoms with van der Waals surface area (Å²) < 4.78 is 34.2. The molecule has 0 bridgehead atoms. The Kier molecular flexibility index (Phi) is 11.0. The van der Waals surface area contributed by atoms with Gasteiger partial charge in [0.1, 0.15) is 24.4 Å². The van der Waals surface area contributed by atoms with E-state index in [1.54, 1.807) is 35.5 Å². The molecule has 33 heavy (non-hydrogen) atoms. The van der Waals surface area contributed by atoms with Gasteiger partial charge in [-0.2, -0.15) is 0 Å². The summed E-state index contributed by atoms with van der Waals surface area (Å²) in [5, 5.41) is 11.1. The van der Waals surface area contributed by atoms with Gasteiger partial charge >= 0.3 is 0 Å². The number of rotatable bonds is 12. The lowest BCUT2D eigenvalue weighted by Crippen LogP contribution is -2.60. The van der Waals surface area contributed by atoms with Crippen LogP contribution in [-0.2, 0) is 28.4 Å². The summed E-state index contributed by atoms with van der Waals surface area (Å²) in [7, 11) is 8.27. The van der Waals surface area contributed by atoms with Crippen molar-refractivity contribution in [3.63, 3.8) is 0 Å². The first-order chi connectivity index (χ1) is 15.7. The van der Waals surface area contributed by atoms with Crippen molar-refractivity contribution in [2.75, 3.05) is 35.5 Å². The minimum atomic E-state index is -0.659. The molecule has 7 heteroatoms. The third kappa shape index (κ3) is 6.26. The van der Waals surface area contributed by atoms with Gasteiger partial charge in [-0.05, 0) is 43.6 Å². The minimum absolute atomic E-state index is 0.0504. The molecule has 2 aliphatic rings. The number of aliphatic hydroxyl groups is 1. The van der Waals surface area contributed by atoms with Crippen molar-refractivity contribution in [1.82, 2.24) is 0 Å². The SMILES string of the molecule is CC[C@H](OC)[C@@H](C)C1CC(O)([C@@H](C)/C=C/C=C(\C)[C@H]2O[C@@H](OC)[C@H](OC)[C@@H](OC)[C@@H]2OC)C1. The second kappa shape index (κ2) is 12.8. The molecule has 0 aromatic carbocycles. The molecule has 0 aromatic rings. The van der Waals surface area contributed by atoms with Crippen molar-refractivity contribution < 1.29 is 33.5 Å². The molecular formula is C26H46O7. The highest BCUT2D eigenvalue weighted by atomic mass is 16.7. The maximum Gasteiger partial charge on any atom is 0.186 e. The molecule has 0 unspecified atom stereocenters. The van der Waals surface area contributed by atoms with Crippen LogP contribution in [0, 0.1) is 17.8 Å². The van der Waals surface area contributed by atoms with Gasteiger partial charge in [-0.1, -0.05) is 39.0 Å². The number of hydrogen-bond acceptors (Lipinski definition) is 7. The van der Waals surface area contributed by atoms with Crippen LogP contribution in [0.15, 0.2) is 23.8 Å². The lowest BCUT2D eigenvalue weighted by Gasteiger charge is -2.50. The van der Waals surface area contributed by atoms with E-state index in [0.717, 1.165) is 24.8 Å². The average molecular weight is 471 g/mol. The van der Waals surface area contributed by atoms with E-state index < -0.39 is 18.0 Å². The average Bonchev–Trinajstić information content (AvgIpc) is 2.80. The highest BCUT2D eigenvalue weighted by Crippen LogP contribution is 2.48. The van der Waals surface area contributed by atoms with E-state index in [-0.39, 0.29) is 30.3 Å². The fraction of sp³-hybridized carbons (Fsp3) is 0.846. The van der Waals surface area contributed by atoms with Gasteiger partial charge in [-0.15, -0.1) is 0 Å². The molecule has 1 aliphatic carbocycles. The van der Waals surface area contributed by atoms with Gasteiger partial charge in [-0.25, -0.2) is 0 Å². The predicted octanol–water partition coefficient (Wildman–Crippen LogP) is 3.74. The van der Waals surface area contributed by atoms with Crippen molar-refractivity contribution in [1.29, 1.82) is 0 Å². The largest absolute Gasteiger partial charge is 0.389 e. The normalized spacial score (nSPS) is 38.2. The molecule has 0 spiro atoms. The summed E-state index contributed by atoms with van der Waals surface area (Å²) >= 11 is 0. The summed E-state index contributed by atoms with van der Waals surface area (Å²) in [5.41, 5.74) is 0.329. The molecule has 1 heterocycles. The van der Waals surface area contributed by atoms with Gasteiger partial charge in [0.2, 0.25) is 0 Å². The third-order valence-electron chi connectivity index (χ3n) is 7.87. The number of hydrogen-bond donors (Lipinski definition) is 1. The Bertz CT molecular complexity index is 639. The fourth-order valence-corrected chi connectivity index (χ4v) is 5.44. The molecule has 7 nitrogen and oxygen atoms in total. The molecule has 1 N–H and O–H groups in total. The molecule has 2 fully saturated rings. The maximum atomic E-state index is 11.1. The summed E-state index contributed by atoms with van der Waals surface area (Å²) in [4.78, 5) is 0. The molecule has 192 valence electrons. The van der Waals surface area contributed by atoms with Crippen LogP contribution in [0.3, 0.4) is 0 Å². The van der Waals surface area contributed by atoms with Crippen LogP contribution in [0.2, 0.25) is 0 Å². The Hall–Kier alpha value is -0.800. The van der Waals surface area contributed by atoms with Crippen molar-refractivity contribution in [3.8, 4) is 0 Å². The van der Waals surface area contributed by atoms with Crippen LogP contribution in [0.5, 0.6) is 0 Å². The first kappa shape index (κ1) is 28.4. The molecule has 1 aliphatic heterocycles. The Morgan fingerprint density at radius 1 is 1.00 bits per heavy atom. The van der Waals surface area contributed by atoms with Gasteiger partial charge in [0.15, 0.2) is 6.29 Å². The van der Waals surface area contributed by atoms with Crippen LogP contribution in [0.1, 0.15) is 47.0 Å². The van der Waals surface area contributed by atoms with E-state index >= 15 is 0 Å². The van der Waals surface area contributed by atoms with Gasteiger partial charge in [0.05, 0.1) is 11.7 Å². The van der Waals surface area contributed by atoms with Gasteiger partial charge < -0.3 is 33.5 Å². The lowest BCUT2D eigenvalue weighted by molar-refractivity contribution is -0.295. The zero-order chi connectivity index (χ0) is 24.8. The second-order valence-corrected chi connectivity index (χ2v) is 9.66. The van der Waals surface area contributed by atoms with E-state index in [1.165, 1.54) is 0 Å². The zero-order valence-electron chi connectivity index (χ0n) is 21.9. The highest BCUT2D eigenvalue weighted by molar-refractivity contribution is 5.20. The summed E-state index contributed by atoms with van der Waals surface area (Å²) in [5.74, 6) is 0.998. The van der Waals surface area contributed by atoms with E-state index in [1.807, 2.05) is 19.1 Å². The Morgan fingerprint density at radius 2 is 1.61 bits per heavy atom. The Morgan fingerprint density at radius 3 is 2.09 bits per heavy atom. The van der Waals surface area contributed by atoms with Crippen LogP contribution in [0.25, 0.3) is 0 Å². The van der Waals surface area contributed by atoms with Gasteiger partial charge in [0.25, 0.3) is 0 Å². The molecule has 0 amide bonds. The minimum Gasteiger partial charge on any atom is -0.389 e. The van der Waals surface area contributed by atoms with Crippen molar-refractivity contribution in [2.45, 2.75) is 89.4 Å². The smallest absolute Gasteiger partial charge is 0.186 e. The molecule has 1 saturated heterocycles. The topological polar surface area (TPSA) is 75.6 Å². The van der Waals surface area contributed by atoms with Gasteiger partial charge in [-0.3, -0.25) is 0 Å². The van der Waals surface area contributed by atoms with Crippen molar-refractivity contribution in [2.24, 2.45) is 17.8 Å². The van der Waals surface area contributed by atoms with E-state index in [4.69, 9.17) is 28.4 Å². The quantitative estimate of drug-likeness (QED) is 0.436. The standard InChI is InChI=1S/C26H46O7/c1-10-20(28-5)18(4)19-14-26(27,15-19)17(3)13-11-12-16(2)21-22(29-6)23(30-7)24(31-8)25(32-9)33-21/h11-13,17-25,27H,10,14-15H2,1-9H3/b13-11+,16-12+/t17-,18-,19?,20-,21+,22+,23-,24+,25+,26?/m0/s1. The van der Waals surface area contributed by atoms with Crippen LogP contribution in [0.4, 0.5) is 0 Å². The monoisotopic (exact) mass is 470 g/mol. The number of methoxy groups -OCH3 is 5. The fourth-order valence-electron chi connectivity index (χ4n) is 5.44. The molecule has 0 aromatic heterocycles. The highest BCUT2D eigenvalue weighted by Gasteiger charge is 2.49. The summed E-state index contributed by atoms with van der Waals surface area (Å²) in [6, 6.07) is 0. The lowest BCUT2D eigenvalue weighted by atomic mass is 9.60. The second-order valence-electron chi connectivity index (χ2n) is 9.66. The zero-order valence-corrected chi connectivity index (χ0v) is 21.9. The molecule has 1 saturated carbocycles. The molecular weight excluding hydrogens is 424 g/mol. The van der Waals surface area contributed by atoms with E-state index in [9.17, 15) is 5.11 Å². The Balaban J connectivity index is 2.03. The Labute approximate surface area is 200 Å². The van der Waals surface area contributed by atoms with E-state index in [2.05, 4.69) is 26.8 Å². The molecule has 0 radical (unpaired) electrons. The van der Waals surface area contributed by atoms with E-state index in [0.29, 0.717) is 11.8 Å². The van der Waals surface area contributed by atoms with Crippen LogP contribution < -0.4 is 0 Å². The maximum absolute atomic E-state index is 11.1. The molecule has 2 rings (SSSR count). The number of allylic oxidation sites excluding steroid dienone is 2. The molecule has 8 atom stereocenters.